The first-order valence-electron chi connectivity index (χ1n) is 12.7. The fourth-order valence-electron chi connectivity index (χ4n) is 5.67. The molecule has 2 aliphatic heterocycles. The summed E-state index contributed by atoms with van der Waals surface area (Å²) in [7, 11) is 0. The van der Waals surface area contributed by atoms with E-state index in [2.05, 4.69) is 21.5 Å². The summed E-state index contributed by atoms with van der Waals surface area (Å²) in [5, 5.41) is 15.5. The Bertz CT molecular complexity index is 1540. The summed E-state index contributed by atoms with van der Waals surface area (Å²) in [6, 6.07) is 8.20. The molecule has 1 N–H and O–H groups in total. The first kappa shape index (κ1) is 27.3. The summed E-state index contributed by atoms with van der Waals surface area (Å²) in [6.07, 6.45) is -8.71. The Balaban J connectivity index is 1.23. The van der Waals surface area contributed by atoms with Crippen LogP contribution in [0.5, 0.6) is 0 Å². The van der Waals surface area contributed by atoms with Crippen LogP contribution in [0.3, 0.4) is 0 Å². The van der Waals surface area contributed by atoms with E-state index in [4.69, 9.17) is 0 Å². The van der Waals surface area contributed by atoms with Crippen molar-refractivity contribution in [1.82, 2.24) is 24.4 Å². The molecule has 8 nitrogen and oxygen atoms in total. The van der Waals surface area contributed by atoms with Gasteiger partial charge in [-0.2, -0.15) is 41.2 Å². The number of rotatable bonds is 6. The van der Waals surface area contributed by atoms with Crippen molar-refractivity contribution in [3.05, 3.63) is 59.2 Å². The number of halogens is 7. The molecule has 0 bridgehead atoms. The third-order valence-electron chi connectivity index (χ3n) is 7.97. The summed E-state index contributed by atoms with van der Waals surface area (Å²) in [4.78, 5) is 19.6. The van der Waals surface area contributed by atoms with Gasteiger partial charge in [0.1, 0.15) is 17.1 Å². The number of nitrogens with zero attached hydrogens (tertiary/aromatic N) is 6. The molecular formula is C26H22F7N7O. The van der Waals surface area contributed by atoms with E-state index in [1.54, 1.807) is 4.90 Å². The summed E-state index contributed by atoms with van der Waals surface area (Å²) < 4.78 is 94.7. The monoisotopic (exact) mass is 581 g/mol. The van der Waals surface area contributed by atoms with E-state index in [-0.39, 0.29) is 23.7 Å². The zero-order chi connectivity index (χ0) is 29.4. The van der Waals surface area contributed by atoms with E-state index in [0.717, 1.165) is 0 Å². The Hall–Kier alpha value is -3.93. The predicted molar refractivity (Wildman–Crippen MR) is 128 cm³/mol. The maximum atomic E-state index is 13.7. The molecule has 1 aromatic carbocycles. The molecule has 3 aliphatic rings. The molecule has 216 valence electrons. The van der Waals surface area contributed by atoms with Crippen LogP contribution in [-0.2, 0) is 17.1 Å². The van der Waals surface area contributed by atoms with Crippen molar-refractivity contribution < 1.29 is 35.5 Å². The van der Waals surface area contributed by atoms with Crippen molar-refractivity contribution in [1.29, 1.82) is 5.26 Å². The third kappa shape index (κ3) is 4.83. The second kappa shape index (κ2) is 9.04. The van der Waals surface area contributed by atoms with E-state index < -0.39 is 46.7 Å². The SMILES string of the molecule is N#CC1(C(=O)N2CC3(C2)CN(C(CNc2cc(C(F)(F)F)nc4cc(C(F)(F)F)nn24)c2ccc(F)cc2)C3)CC1. The lowest BCUT2D eigenvalue weighted by Crippen LogP contribution is -2.73. The molecule has 1 amide bonds. The van der Waals surface area contributed by atoms with Crippen LogP contribution >= 0.6 is 0 Å². The maximum Gasteiger partial charge on any atom is 0.435 e. The second-order valence-corrected chi connectivity index (χ2v) is 11.0. The van der Waals surface area contributed by atoms with Crippen molar-refractivity contribution >= 4 is 17.4 Å². The van der Waals surface area contributed by atoms with Gasteiger partial charge >= 0.3 is 12.4 Å². The molecule has 6 rings (SSSR count). The molecule has 2 saturated heterocycles. The third-order valence-corrected chi connectivity index (χ3v) is 7.97. The predicted octanol–water partition coefficient (Wildman–Crippen LogP) is 4.51. The van der Waals surface area contributed by atoms with E-state index in [0.29, 0.717) is 61.2 Å². The molecule has 1 spiro atoms. The van der Waals surface area contributed by atoms with Crippen LogP contribution < -0.4 is 5.32 Å². The standard InChI is InChI=1S/C26H22F7N7O/c27-16-3-1-15(2-4-16)17(38-11-23(12-38)13-39(14-23)22(41)24(10-34)5-6-24)9-35-20-7-18(25(28,29)30)36-21-8-19(26(31,32)33)37-40(20)21/h1-4,7-8,17,35H,5-6,9,11-14H2. The highest BCUT2D eigenvalue weighted by molar-refractivity contribution is 5.89. The molecule has 15 heteroatoms. The van der Waals surface area contributed by atoms with Gasteiger partial charge in [0.05, 0.1) is 12.1 Å². The van der Waals surface area contributed by atoms with Crippen molar-refractivity contribution in [2.45, 2.75) is 31.2 Å². The van der Waals surface area contributed by atoms with E-state index >= 15 is 0 Å². The fraction of sp³-hybridized carbons (Fsp3) is 0.462. The Labute approximate surface area is 228 Å². The van der Waals surface area contributed by atoms with Gasteiger partial charge in [0.15, 0.2) is 17.0 Å². The number of nitrogens with one attached hydrogen (secondary N) is 1. The molecule has 3 aromatic rings. The zero-order valence-electron chi connectivity index (χ0n) is 21.2. The van der Waals surface area contributed by atoms with Crippen LogP contribution in [0.25, 0.3) is 5.65 Å². The van der Waals surface area contributed by atoms with Gasteiger partial charge in [0.25, 0.3) is 0 Å². The molecule has 2 aromatic heterocycles. The normalized spacial score (nSPS) is 20.3. The highest BCUT2D eigenvalue weighted by Crippen LogP contribution is 2.51. The van der Waals surface area contributed by atoms with Crippen molar-refractivity contribution in [3.63, 3.8) is 0 Å². The van der Waals surface area contributed by atoms with Crippen molar-refractivity contribution in [3.8, 4) is 6.07 Å². The maximum absolute atomic E-state index is 13.7. The number of nitriles is 1. The average molecular weight is 581 g/mol. The Kier molecular flexibility index (Phi) is 6.01. The van der Waals surface area contributed by atoms with E-state index in [1.165, 1.54) is 24.3 Å². The topological polar surface area (TPSA) is 89.6 Å². The number of hydrogen-bond acceptors (Lipinski definition) is 6. The molecular weight excluding hydrogens is 559 g/mol. The number of benzene rings is 1. The van der Waals surface area contributed by atoms with Gasteiger partial charge in [0, 0.05) is 50.3 Å². The minimum absolute atomic E-state index is 0.0421. The quantitative estimate of drug-likeness (QED) is 0.431. The van der Waals surface area contributed by atoms with Gasteiger partial charge < -0.3 is 10.2 Å². The molecule has 41 heavy (non-hydrogen) atoms. The summed E-state index contributed by atoms with van der Waals surface area (Å²) in [5.74, 6) is -0.991. The zero-order valence-corrected chi connectivity index (χ0v) is 21.2. The van der Waals surface area contributed by atoms with Crippen LogP contribution in [-0.4, -0.2) is 63.0 Å². The molecule has 1 atom stereocenters. The summed E-state index contributed by atoms with van der Waals surface area (Å²) in [6.45, 7) is 1.96. The summed E-state index contributed by atoms with van der Waals surface area (Å²) >= 11 is 0. The minimum atomic E-state index is -4.92. The first-order chi connectivity index (χ1) is 19.2. The Morgan fingerprint density at radius 1 is 1.00 bits per heavy atom. The Morgan fingerprint density at radius 3 is 2.20 bits per heavy atom. The van der Waals surface area contributed by atoms with Crippen LogP contribution in [0.2, 0.25) is 0 Å². The highest BCUT2D eigenvalue weighted by atomic mass is 19.4. The molecule has 1 aliphatic carbocycles. The lowest BCUT2D eigenvalue weighted by Gasteiger charge is -2.62. The number of fused-ring (bicyclic) bond motifs is 1. The number of aromatic nitrogens is 3. The molecule has 4 heterocycles. The Morgan fingerprint density at radius 2 is 1.63 bits per heavy atom. The van der Waals surface area contributed by atoms with Gasteiger partial charge in [-0.15, -0.1) is 0 Å². The smallest absolute Gasteiger partial charge is 0.368 e. The lowest BCUT2D eigenvalue weighted by atomic mass is 9.71. The summed E-state index contributed by atoms with van der Waals surface area (Å²) in [5.41, 5.74) is -3.86. The molecule has 3 fully saturated rings. The van der Waals surface area contributed by atoms with Gasteiger partial charge in [-0.05, 0) is 30.5 Å². The molecule has 1 saturated carbocycles. The van der Waals surface area contributed by atoms with Gasteiger partial charge in [-0.3, -0.25) is 9.69 Å². The van der Waals surface area contributed by atoms with Gasteiger partial charge in [0.2, 0.25) is 5.91 Å². The van der Waals surface area contributed by atoms with Crippen LogP contribution in [0, 0.1) is 28.0 Å². The number of alkyl halides is 6. The largest absolute Gasteiger partial charge is 0.435 e. The molecule has 1 unspecified atom stereocenters. The van der Waals surface area contributed by atoms with Crippen LogP contribution in [0.4, 0.5) is 36.6 Å². The lowest BCUT2D eigenvalue weighted by molar-refractivity contribution is -0.166. The average Bonchev–Trinajstić information content (AvgIpc) is 3.53. The number of carbonyl (C=O) groups is 1. The van der Waals surface area contributed by atoms with E-state index in [1.807, 2.05) is 4.90 Å². The van der Waals surface area contributed by atoms with Crippen LogP contribution in [0.15, 0.2) is 36.4 Å². The number of anilines is 1. The number of amides is 1. The number of hydrogen-bond donors (Lipinski definition) is 1. The second-order valence-electron chi connectivity index (χ2n) is 11.0. The van der Waals surface area contributed by atoms with Gasteiger partial charge in [-0.25, -0.2) is 9.37 Å². The van der Waals surface area contributed by atoms with Gasteiger partial charge in [-0.1, -0.05) is 12.1 Å². The van der Waals surface area contributed by atoms with Crippen LogP contribution in [0.1, 0.15) is 35.8 Å². The molecule has 0 radical (unpaired) electrons. The minimum Gasteiger partial charge on any atom is -0.368 e. The van der Waals surface area contributed by atoms with Crippen molar-refractivity contribution in [2.75, 3.05) is 38.0 Å². The first-order valence-corrected chi connectivity index (χ1v) is 12.7. The number of likely N-dealkylation sites (tertiary alicyclic amines) is 2. The fourth-order valence-corrected chi connectivity index (χ4v) is 5.67. The van der Waals surface area contributed by atoms with Crippen molar-refractivity contribution in [2.24, 2.45) is 10.8 Å². The highest BCUT2D eigenvalue weighted by Gasteiger charge is 2.60. The number of carbonyl (C=O) groups excluding carboxylic acids is 1. The van der Waals surface area contributed by atoms with E-state index in [9.17, 15) is 40.8 Å².